The zero-order valence-electron chi connectivity index (χ0n) is 13.5. The van der Waals surface area contributed by atoms with Gasteiger partial charge in [-0.3, -0.25) is 0 Å². The molecule has 0 aliphatic heterocycles. The SMILES string of the molecule is CCOC(C)(C)c1nc2c(s1)CCCC2CNC(C)C. The van der Waals surface area contributed by atoms with Crippen molar-refractivity contribution >= 4 is 11.3 Å². The zero-order chi connectivity index (χ0) is 14.8. The highest BCUT2D eigenvalue weighted by Crippen LogP contribution is 2.38. The lowest BCUT2D eigenvalue weighted by Gasteiger charge is -2.23. The van der Waals surface area contributed by atoms with Crippen molar-refractivity contribution in [1.82, 2.24) is 10.3 Å². The highest BCUT2D eigenvalue weighted by Gasteiger charge is 2.30. The van der Waals surface area contributed by atoms with E-state index in [1.165, 1.54) is 29.8 Å². The minimum Gasteiger partial charge on any atom is -0.369 e. The quantitative estimate of drug-likeness (QED) is 0.866. The predicted octanol–water partition coefficient (Wildman–Crippen LogP) is 3.83. The Bertz CT molecular complexity index is 440. The van der Waals surface area contributed by atoms with Crippen LogP contribution < -0.4 is 5.32 Å². The molecule has 0 saturated heterocycles. The maximum absolute atomic E-state index is 5.86. The van der Waals surface area contributed by atoms with Crippen molar-refractivity contribution in [3.8, 4) is 0 Å². The van der Waals surface area contributed by atoms with Gasteiger partial charge >= 0.3 is 0 Å². The predicted molar refractivity (Wildman–Crippen MR) is 85.6 cm³/mol. The molecular weight excluding hydrogens is 268 g/mol. The number of ether oxygens (including phenoxy) is 1. The van der Waals surface area contributed by atoms with Crippen molar-refractivity contribution in [2.75, 3.05) is 13.2 Å². The standard InChI is InChI=1S/C16H28N2OS/c1-6-19-16(4,5)15-18-14-12(10-17-11(2)3)8-7-9-13(14)20-15/h11-12,17H,6-10H2,1-5H3. The maximum Gasteiger partial charge on any atom is 0.125 e. The average Bonchev–Trinajstić information content (AvgIpc) is 2.81. The van der Waals surface area contributed by atoms with Gasteiger partial charge in [-0.25, -0.2) is 4.98 Å². The van der Waals surface area contributed by atoms with Crippen molar-refractivity contribution < 1.29 is 4.74 Å². The van der Waals surface area contributed by atoms with Crippen molar-refractivity contribution in [3.63, 3.8) is 0 Å². The van der Waals surface area contributed by atoms with Crippen LogP contribution in [0.2, 0.25) is 0 Å². The summed E-state index contributed by atoms with van der Waals surface area (Å²) in [7, 11) is 0. The van der Waals surface area contributed by atoms with Crippen LogP contribution in [0.15, 0.2) is 0 Å². The van der Waals surface area contributed by atoms with Crippen LogP contribution in [0.1, 0.15) is 69.0 Å². The third-order valence-corrected chi connectivity index (χ3v) is 5.30. The van der Waals surface area contributed by atoms with E-state index >= 15 is 0 Å². The average molecular weight is 296 g/mol. The molecule has 1 aliphatic carbocycles. The molecule has 3 nitrogen and oxygen atoms in total. The van der Waals surface area contributed by atoms with Gasteiger partial charge in [-0.1, -0.05) is 13.8 Å². The number of hydrogen-bond acceptors (Lipinski definition) is 4. The Morgan fingerprint density at radius 3 is 2.85 bits per heavy atom. The molecule has 1 N–H and O–H groups in total. The number of hydrogen-bond donors (Lipinski definition) is 1. The molecule has 0 radical (unpaired) electrons. The van der Waals surface area contributed by atoms with Gasteiger partial charge < -0.3 is 10.1 Å². The Morgan fingerprint density at radius 1 is 1.45 bits per heavy atom. The number of rotatable bonds is 6. The molecular formula is C16H28N2OS. The first-order valence-electron chi connectivity index (χ1n) is 7.81. The molecule has 1 aromatic rings. The third kappa shape index (κ3) is 3.60. The largest absolute Gasteiger partial charge is 0.369 e. The minimum atomic E-state index is -0.257. The number of aromatic nitrogens is 1. The van der Waals surface area contributed by atoms with Crippen molar-refractivity contribution in [1.29, 1.82) is 0 Å². The van der Waals surface area contributed by atoms with Gasteiger partial charge in [0.05, 0.1) is 5.69 Å². The lowest BCUT2D eigenvalue weighted by Crippen LogP contribution is -2.29. The normalized spacial score (nSPS) is 19.4. The molecule has 1 heterocycles. The first-order chi connectivity index (χ1) is 9.44. The van der Waals surface area contributed by atoms with Crippen molar-refractivity contribution in [2.24, 2.45) is 0 Å². The van der Waals surface area contributed by atoms with Gasteiger partial charge in [0.15, 0.2) is 0 Å². The molecule has 0 amide bonds. The number of nitrogens with zero attached hydrogens (tertiary/aromatic N) is 1. The molecule has 1 aliphatic rings. The zero-order valence-corrected chi connectivity index (χ0v) is 14.3. The van der Waals surface area contributed by atoms with E-state index < -0.39 is 0 Å². The van der Waals surface area contributed by atoms with Crippen LogP contribution >= 0.6 is 11.3 Å². The molecule has 114 valence electrons. The molecule has 2 rings (SSSR count). The fourth-order valence-corrected chi connectivity index (χ4v) is 4.01. The molecule has 0 spiro atoms. The molecule has 0 aromatic carbocycles. The first kappa shape index (κ1) is 15.9. The Balaban J connectivity index is 2.18. The monoisotopic (exact) mass is 296 g/mol. The van der Waals surface area contributed by atoms with Crippen LogP contribution in [0.25, 0.3) is 0 Å². The highest BCUT2D eigenvalue weighted by atomic mass is 32.1. The summed E-state index contributed by atoms with van der Waals surface area (Å²) in [5, 5.41) is 4.70. The van der Waals surface area contributed by atoms with Gasteiger partial charge in [0, 0.05) is 30.0 Å². The second kappa shape index (κ2) is 6.54. The van der Waals surface area contributed by atoms with E-state index in [0.717, 1.165) is 18.2 Å². The molecule has 0 bridgehead atoms. The van der Waals surface area contributed by atoms with E-state index in [0.29, 0.717) is 12.0 Å². The van der Waals surface area contributed by atoms with Gasteiger partial charge in [-0.05, 0) is 40.0 Å². The summed E-state index contributed by atoms with van der Waals surface area (Å²) in [6, 6.07) is 0.540. The smallest absolute Gasteiger partial charge is 0.125 e. The first-order valence-corrected chi connectivity index (χ1v) is 8.63. The lowest BCUT2D eigenvalue weighted by atomic mass is 9.91. The van der Waals surface area contributed by atoms with Crippen molar-refractivity contribution in [3.05, 3.63) is 15.6 Å². The van der Waals surface area contributed by atoms with Crippen LogP contribution in [0.3, 0.4) is 0 Å². The second-order valence-corrected chi connectivity index (χ2v) is 7.51. The maximum atomic E-state index is 5.86. The summed E-state index contributed by atoms with van der Waals surface area (Å²) in [5.74, 6) is 0.573. The van der Waals surface area contributed by atoms with Gasteiger partial charge in [0.2, 0.25) is 0 Å². The summed E-state index contributed by atoms with van der Waals surface area (Å²) in [6.07, 6.45) is 3.73. The van der Waals surface area contributed by atoms with E-state index in [2.05, 4.69) is 33.0 Å². The van der Waals surface area contributed by atoms with Gasteiger partial charge in [0.25, 0.3) is 0 Å². The van der Waals surface area contributed by atoms with Crippen LogP contribution in [-0.4, -0.2) is 24.2 Å². The van der Waals surface area contributed by atoms with Gasteiger partial charge in [-0.15, -0.1) is 11.3 Å². The fourth-order valence-electron chi connectivity index (χ4n) is 2.76. The number of aryl methyl sites for hydroxylation is 1. The van der Waals surface area contributed by atoms with Crippen LogP contribution in [0.5, 0.6) is 0 Å². The van der Waals surface area contributed by atoms with E-state index in [1.807, 2.05) is 18.3 Å². The second-order valence-electron chi connectivity index (χ2n) is 6.42. The molecule has 1 unspecified atom stereocenters. The van der Waals surface area contributed by atoms with E-state index in [9.17, 15) is 0 Å². The van der Waals surface area contributed by atoms with Crippen LogP contribution in [0, 0.1) is 0 Å². The Kier molecular flexibility index (Phi) is 5.21. The molecule has 0 saturated carbocycles. The molecule has 1 aromatic heterocycles. The van der Waals surface area contributed by atoms with E-state index in [1.54, 1.807) is 0 Å². The number of thiazole rings is 1. The summed E-state index contributed by atoms with van der Waals surface area (Å²) in [5.41, 5.74) is 1.07. The highest BCUT2D eigenvalue weighted by molar-refractivity contribution is 7.11. The minimum absolute atomic E-state index is 0.257. The lowest BCUT2D eigenvalue weighted by molar-refractivity contribution is -0.0142. The van der Waals surface area contributed by atoms with Gasteiger partial charge in [0.1, 0.15) is 10.6 Å². The van der Waals surface area contributed by atoms with E-state index in [-0.39, 0.29) is 5.60 Å². The topological polar surface area (TPSA) is 34.1 Å². The Hall–Kier alpha value is -0.450. The van der Waals surface area contributed by atoms with Crippen LogP contribution in [-0.2, 0) is 16.8 Å². The Labute approximate surface area is 127 Å². The molecule has 0 fully saturated rings. The third-order valence-electron chi connectivity index (χ3n) is 3.86. The van der Waals surface area contributed by atoms with Crippen LogP contribution in [0.4, 0.5) is 0 Å². The molecule has 1 atom stereocenters. The molecule has 4 heteroatoms. The number of fused-ring (bicyclic) bond motifs is 1. The van der Waals surface area contributed by atoms with Gasteiger partial charge in [-0.2, -0.15) is 0 Å². The summed E-state index contributed by atoms with van der Waals surface area (Å²) >= 11 is 1.86. The van der Waals surface area contributed by atoms with E-state index in [4.69, 9.17) is 9.72 Å². The summed E-state index contributed by atoms with van der Waals surface area (Å²) < 4.78 is 5.86. The summed E-state index contributed by atoms with van der Waals surface area (Å²) in [4.78, 5) is 6.44. The Morgan fingerprint density at radius 2 is 2.20 bits per heavy atom. The van der Waals surface area contributed by atoms with Crippen molar-refractivity contribution in [2.45, 2.75) is 71.4 Å². The summed E-state index contributed by atoms with van der Waals surface area (Å²) in [6.45, 7) is 12.5. The molecule has 20 heavy (non-hydrogen) atoms. The fraction of sp³-hybridized carbons (Fsp3) is 0.812. The number of nitrogens with one attached hydrogen (secondary N) is 1.